The van der Waals surface area contributed by atoms with Gasteiger partial charge in [0.05, 0.1) is 7.11 Å². The first kappa shape index (κ1) is 31.8. The molecule has 0 saturated carbocycles. The third-order valence-corrected chi connectivity index (χ3v) is 8.21. The first-order valence-electron chi connectivity index (χ1n) is 14.6. The summed E-state index contributed by atoms with van der Waals surface area (Å²) in [5.41, 5.74) is 4.42. The first-order valence-corrected chi connectivity index (χ1v) is 15.5. The van der Waals surface area contributed by atoms with Crippen LogP contribution in [0.5, 0.6) is 5.75 Å². The Morgan fingerprint density at radius 1 is 0.717 bits per heavy atom. The van der Waals surface area contributed by atoms with Gasteiger partial charge in [-0.25, -0.2) is 0 Å². The third kappa shape index (κ3) is 8.74. The Morgan fingerprint density at radius 3 is 2.04 bits per heavy atom. The average molecular weight is 628 g/mol. The van der Waals surface area contributed by atoms with E-state index in [2.05, 4.69) is 16.0 Å². The smallest absolute Gasteiger partial charge is 0.272 e. The quantitative estimate of drug-likeness (QED) is 0.102. The Balaban J connectivity index is 1.32. The molecule has 0 aliphatic rings. The summed E-state index contributed by atoms with van der Waals surface area (Å²) in [6.45, 7) is 1.98. The number of ether oxygens (including phenoxy) is 1. The molecule has 0 fully saturated rings. The van der Waals surface area contributed by atoms with Crippen LogP contribution in [0.4, 0.5) is 11.4 Å². The van der Waals surface area contributed by atoms with Crippen LogP contribution < -0.4 is 20.7 Å². The minimum atomic E-state index is -0.505. The van der Waals surface area contributed by atoms with E-state index in [0.29, 0.717) is 22.6 Å². The van der Waals surface area contributed by atoms with Crippen molar-refractivity contribution in [1.29, 1.82) is 0 Å². The minimum absolute atomic E-state index is 0.0782. The number of hydrogen-bond acceptors (Lipinski definition) is 5. The molecule has 0 aromatic heterocycles. The zero-order valence-corrected chi connectivity index (χ0v) is 26.2. The maximum absolute atomic E-state index is 13.5. The standard InChI is InChI=1S/C38H33N3O4S/c1-26-10-9-15-31(24-26)40-38(44)35(28-11-5-3-6-12-28)46-33-22-18-30(19-23-33)39-37(43)34(25-27-16-20-32(45-2)21-17-27)41-36(42)29-13-7-4-8-14-29/h3-25,35H,1-2H3,(H,39,43)(H,40,44)(H,41,42)/b34-25-. The Morgan fingerprint density at radius 2 is 1.39 bits per heavy atom. The molecule has 7 nitrogen and oxygen atoms in total. The summed E-state index contributed by atoms with van der Waals surface area (Å²) in [5, 5.41) is 8.17. The summed E-state index contributed by atoms with van der Waals surface area (Å²) in [7, 11) is 1.58. The monoisotopic (exact) mass is 627 g/mol. The molecule has 0 bridgehead atoms. The van der Waals surface area contributed by atoms with Gasteiger partial charge in [0.15, 0.2) is 0 Å². The van der Waals surface area contributed by atoms with Gasteiger partial charge in [-0.05, 0) is 90.4 Å². The van der Waals surface area contributed by atoms with Crippen molar-refractivity contribution >= 4 is 46.9 Å². The van der Waals surface area contributed by atoms with E-state index in [9.17, 15) is 14.4 Å². The molecule has 0 aliphatic heterocycles. The van der Waals surface area contributed by atoms with Gasteiger partial charge in [-0.2, -0.15) is 0 Å². The second-order valence-electron chi connectivity index (χ2n) is 10.4. The number of nitrogens with one attached hydrogen (secondary N) is 3. The molecule has 0 saturated heterocycles. The molecule has 0 spiro atoms. The SMILES string of the molecule is COc1ccc(/C=C(\NC(=O)c2ccccc2)C(=O)Nc2ccc(SC(C(=O)Nc3cccc(C)c3)c3ccccc3)cc2)cc1. The van der Waals surface area contributed by atoms with Crippen molar-refractivity contribution in [3.05, 3.63) is 161 Å². The van der Waals surface area contributed by atoms with Crippen molar-refractivity contribution in [2.24, 2.45) is 0 Å². The van der Waals surface area contributed by atoms with Crippen LogP contribution >= 0.6 is 11.8 Å². The zero-order chi connectivity index (χ0) is 32.3. The number of amides is 3. The van der Waals surface area contributed by atoms with Crippen LogP contribution in [0, 0.1) is 6.92 Å². The number of benzene rings is 5. The second kappa shape index (κ2) is 15.4. The Hall–Kier alpha value is -5.60. The van der Waals surface area contributed by atoms with Gasteiger partial charge in [-0.15, -0.1) is 11.8 Å². The van der Waals surface area contributed by atoms with Gasteiger partial charge < -0.3 is 20.7 Å². The van der Waals surface area contributed by atoms with Crippen molar-refractivity contribution in [2.45, 2.75) is 17.1 Å². The van der Waals surface area contributed by atoms with E-state index in [0.717, 1.165) is 21.7 Å². The number of rotatable bonds is 11. The molecule has 230 valence electrons. The highest BCUT2D eigenvalue weighted by Gasteiger charge is 2.22. The molecular weight excluding hydrogens is 595 g/mol. The maximum atomic E-state index is 13.5. The molecule has 3 N–H and O–H groups in total. The molecule has 5 aromatic carbocycles. The van der Waals surface area contributed by atoms with E-state index in [1.165, 1.54) is 11.8 Å². The fraction of sp³-hybridized carbons (Fsp3) is 0.0789. The molecular formula is C38H33N3O4S. The van der Waals surface area contributed by atoms with Gasteiger partial charge in [0.1, 0.15) is 16.7 Å². The molecule has 0 heterocycles. The topological polar surface area (TPSA) is 96.5 Å². The van der Waals surface area contributed by atoms with Crippen LogP contribution in [-0.2, 0) is 9.59 Å². The van der Waals surface area contributed by atoms with Gasteiger partial charge in [-0.1, -0.05) is 72.8 Å². The van der Waals surface area contributed by atoms with Crippen molar-refractivity contribution < 1.29 is 19.1 Å². The van der Waals surface area contributed by atoms with Crippen LogP contribution in [-0.4, -0.2) is 24.8 Å². The molecule has 0 aliphatic carbocycles. The number of hydrogen-bond donors (Lipinski definition) is 3. The van der Waals surface area contributed by atoms with Crippen LogP contribution in [0.15, 0.2) is 144 Å². The van der Waals surface area contributed by atoms with Crippen LogP contribution in [0.1, 0.15) is 32.3 Å². The van der Waals surface area contributed by atoms with Gasteiger partial charge >= 0.3 is 0 Å². The Kier molecular flexibility index (Phi) is 10.7. The van der Waals surface area contributed by atoms with Crippen molar-refractivity contribution in [3.63, 3.8) is 0 Å². The Bertz CT molecular complexity index is 1820. The largest absolute Gasteiger partial charge is 0.497 e. The lowest BCUT2D eigenvalue weighted by Gasteiger charge is -2.18. The summed E-state index contributed by atoms with van der Waals surface area (Å²) < 4.78 is 5.23. The molecule has 5 aromatic rings. The molecule has 0 radical (unpaired) electrons. The average Bonchev–Trinajstić information content (AvgIpc) is 3.08. The summed E-state index contributed by atoms with van der Waals surface area (Å²) >= 11 is 1.41. The molecule has 1 atom stereocenters. The number of thioether (sulfide) groups is 1. The van der Waals surface area contributed by atoms with E-state index < -0.39 is 17.1 Å². The lowest BCUT2D eigenvalue weighted by molar-refractivity contribution is -0.116. The normalized spacial score (nSPS) is 11.7. The molecule has 1 unspecified atom stereocenters. The van der Waals surface area contributed by atoms with Crippen molar-refractivity contribution in [3.8, 4) is 5.75 Å². The number of methoxy groups -OCH3 is 1. The fourth-order valence-corrected chi connectivity index (χ4v) is 5.62. The van der Waals surface area contributed by atoms with Crippen LogP contribution in [0.2, 0.25) is 0 Å². The molecule has 46 heavy (non-hydrogen) atoms. The van der Waals surface area contributed by atoms with Crippen LogP contribution in [0.3, 0.4) is 0 Å². The summed E-state index contributed by atoms with van der Waals surface area (Å²) in [6, 6.07) is 40.4. The van der Waals surface area contributed by atoms with Gasteiger partial charge in [0.25, 0.3) is 11.8 Å². The zero-order valence-electron chi connectivity index (χ0n) is 25.4. The predicted octanol–water partition coefficient (Wildman–Crippen LogP) is 7.89. The van der Waals surface area contributed by atoms with E-state index in [4.69, 9.17) is 4.74 Å². The summed E-state index contributed by atoms with van der Waals surface area (Å²) in [5.74, 6) is -0.350. The number of carbonyl (C=O) groups excluding carboxylic acids is 3. The van der Waals surface area contributed by atoms with E-state index in [-0.39, 0.29) is 11.6 Å². The minimum Gasteiger partial charge on any atom is -0.497 e. The van der Waals surface area contributed by atoms with Gasteiger partial charge in [0.2, 0.25) is 5.91 Å². The second-order valence-corrected chi connectivity index (χ2v) is 11.6. The number of anilines is 2. The van der Waals surface area contributed by atoms with E-state index in [1.54, 1.807) is 73.8 Å². The Labute approximate surface area is 272 Å². The van der Waals surface area contributed by atoms with Gasteiger partial charge in [-0.3, -0.25) is 14.4 Å². The molecule has 5 rings (SSSR count). The fourth-order valence-electron chi connectivity index (χ4n) is 4.59. The maximum Gasteiger partial charge on any atom is 0.272 e. The predicted molar refractivity (Wildman–Crippen MR) is 185 cm³/mol. The highest BCUT2D eigenvalue weighted by Crippen LogP contribution is 2.37. The van der Waals surface area contributed by atoms with E-state index in [1.807, 2.05) is 79.7 Å². The molecule has 8 heteroatoms. The van der Waals surface area contributed by atoms with Crippen molar-refractivity contribution in [1.82, 2.24) is 5.32 Å². The first-order chi connectivity index (χ1) is 22.4. The molecule has 3 amide bonds. The summed E-state index contributed by atoms with van der Waals surface area (Å²) in [6.07, 6.45) is 1.61. The third-order valence-electron chi connectivity index (χ3n) is 6.95. The highest BCUT2D eigenvalue weighted by atomic mass is 32.2. The highest BCUT2D eigenvalue weighted by molar-refractivity contribution is 8.00. The van der Waals surface area contributed by atoms with Crippen molar-refractivity contribution in [2.75, 3.05) is 17.7 Å². The van der Waals surface area contributed by atoms with Crippen LogP contribution in [0.25, 0.3) is 6.08 Å². The van der Waals surface area contributed by atoms with E-state index >= 15 is 0 Å². The van der Waals surface area contributed by atoms with Gasteiger partial charge in [0, 0.05) is 21.8 Å². The lowest BCUT2D eigenvalue weighted by Crippen LogP contribution is -2.30. The lowest BCUT2D eigenvalue weighted by atomic mass is 10.1. The number of carbonyl (C=O) groups is 3. The number of aryl methyl sites for hydroxylation is 1. The summed E-state index contributed by atoms with van der Waals surface area (Å²) in [4.78, 5) is 40.7.